The van der Waals surface area contributed by atoms with Crippen molar-refractivity contribution in [2.24, 2.45) is 0 Å². The Kier molecular flexibility index (Phi) is 15.2. The molecule has 0 fully saturated rings. The summed E-state index contributed by atoms with van der Waals surface area (Å²) >= 11 is 0. The number of aliphatic hydroxyl groups is 2. The van der Waals surface area contributed by atoms with Crippen LogP contribution in [0, 0.1) is 0 Å². The Balaban J connectivity index is 1.09. The minimum absolute atomic E-state index is 0.228. The number of rotatable bonds is 22. The summed E-state index contributed by atoms with van der Waals surface area (Å²) in [5.74, 6) is 1.46. The molecular formula is C39H52N4O4. The van der Waals surface area contributed by atoms with Gasteiger partial charge in [0.2, 0.25) is 0 Å². The van der Waals surface area contributed by atoms with Crippen molar-refractivity contribution in [1.29, 1.82) is 0 Å². The first kappa shape index (κ1) is 36.1. The van der Waals surface area contributed by atoms with Crippen molar-refractivity contribution >= 4 is 0 Å². The van der Waals surface area contributed by atoms with Crippen LogP contribution >= 0.6 is 0 Å². The molecule has 0 amide bonds. The Bertz CT molecular complexity index is 1280. The number of ether oxygens (including phenoxy) is 2. The highest BCUT2D eigenvalue weighted by molar-refractivity contribution is 5.41. The molecule has 0 saturated carbocycles. The molecule has 252 valence electrons. The second kappa shape index (κ2) is 19.8. The van der Waals surface area contributed by atoms with Crippen LogP contribution < -0.4 is 30.7 Å². The SMILES string of the molecule is CC(C)(c1ccc(OCC(O)CNCCNCc2ccccc2)cc1)c1ccc(OCC(O)CNCCNCc2ccccc2)cc1. The molecule has 2 unspecified atom stereocenters. The molecule has 0 aromatic heterocycles. The van der Waals surface area contributed by atoms with Crippen molar-refractivity contribution < 1.29 is 19.7 Å². The van der Waals surface area contributed by atoms with E-state index < -0.39 is 12.2 Å². The summed E-state index contributed by atoms with van der Waals surface area (Å²) in [7, 11) is 0. The van der Waals surface area contributed by atoms with E-state index in [2.05, 4.69) is 83.6 Å². The monoisotopic (exact) mass is 640 g/mol. The van der Waals surface area contributed by atoms with E-state index in [4.69, 9.17) is 9.47 Å². The molecule has 6 N–H and O–H groups in total. The topological polar surface area (TPSA) is 107 Å². The van der Waals surface area contributed by atoms with Gasteiger partial charge in [0.05, 0.1) is 0 Å². The number of aliphatic hydroxyl groups excluding tert-OH is 2. The highest BCUT2D eigenvalue weighted by atomic mass is 16.5. The van der Waals surface area contributed by atoms with Gasteiger partial charge >= 0.3 is 0 Å². The Morgan fingerprint density at radius 3 is 1.26 bits per heavy atom. The molecule has 0 radical (unpaired) electrons. The molecule has 2 atom stereocenters. The maximum Gasteiger partial charge on any atom is 0.119 e. The van der Waals surface area contributed by atoms with Crippen molar-refractivity contribution in [3.8, 4) is 11.5 Å². The molecule has 0 heterocycles. The van der Waals surface area contributed by atoms with Gasteiger partial charge in [-0.2, -0.15) is 0 Å². The third kappa shape index (κ3) is 13.1. The van der Waals surface area contributed by atoms with Crippen LogP contribution in [0.2, 0.25) is 0 Å². The van der Waals surface area contributed by atoms with E-state index >= 15 is 0 Å². The predicted octanol–water partition coefficient (Wildman–Crippen LogP) is 4.25. The first-order valence-corrected chi connectivity index (χ1v) is 16.6. The van der Waals surface area contributed by atoms with Gasteiger partial charge in [0.1, 0.15) is 36.9 Å². The van der Waals surface area contributed by atoms with Gasteiger partial charge in [0.25, 0.3) is 0 Å². The molecule has 0 aliphatic carbocycles. The predicted molar refractivity (Wildman–Crippen MR) is 190 cm³/mol. The Hall–Kier alpha value is -3.76. The van der Waals surface area contributed by atoms with Crippen molar-refractivity contribution in [1.82, 2.24) is 21.3 Å². The largest absolute Gasteiger partial charge is 0.491 e. The zero-order valence-electron chi connectivity index (χ0n) is 27.8. The molecule has 0 saturated heterocycles. The minimum Gasteiger partial charge on any atom is -0.491 e. The molecule has 8 nitrogen and oxygen atoms in total. The second-order valence-electron chi connectivity index (χ2n) is 12.3. The Morgan fingerprint density at radius 2 is 0.872 bits per heavy atom. The molecule has 8 heteroatoms. The van der Waals surface area contributed by atoms with Gasteiger partial charge in [-0.15, -0.1) is 0 Å². The average Bonchev–Trinajstić information content (AvgIpc) is 3.10. The Morgan fingerprint density at radius 1 is 0.511 bits per heavy atom. The van der Waals surface area contributed by atoms with E-state index in [1.165, 1.54) is 11.1 Å². The zero-order chi connectivity index (χ0) is 33.2. The molecule has 4 aromatic carbocycles. The number of benzene rings is 4. The molecule has 0 bridgehead atoms. The zero-order valence-corrected chi connectivity index (χ0v) is 27.8. The van der Waals surface area contributed by atoms with Crippen molar-refractivity contribution in [3.05, 3.63) is 131 Å². The fourth-order valence-corrected chi connectivity index (χ4v) is 5.15. The van der Waals surface area contributed by atoms with E-state index in [1.807, 2.05) is 60.7 Å². The Labute approximate surface area is 280 Å². The van der Waals surface area contributed by atoms with E-state index in [0.29, 0.717) is 13.1 Å². The fraction of sp³-hybridized carbons (Fsp3) is 0.385. The minimum atomic E-state index is -0.592. The number of hydrogen-bond acceptors (Lipinski definition) is 8. The van der Waals surface area contributed by atoms with Crippen LogP contribution in [0.25, 0.3) is 0 Å². The average molecular weight is 641 g/mol. The van der Waals surface area contributed by atoms with Gasteiger partial charge in [-0.25, -0.2) is 0 Å². The van der Waals surface area contributed by atoms with Crippen LogP contribution in [0.4, 0.5) is 0 Å². The summed E-state index contributed by atoms with van der Waals surface area (Å²) in [5, 5.41) is 34.0. The summed E-state index contributed by atoms with van der Waals surface area (Å²) in [6.45, 7) is 10.6. The van der Waals surface area contributed by atoms with Gasteiger partial charge in [0, 0.05) is 57.8 Å². The van der Waals surface area contributed by atoms with Crippen LogP contribution in [-0.4, -0.2) is 74.9 Å². The standard InChI is InChI=1S/C39H52N4O4/c1-39(2,33-13-17-37(18-14-33)46-29-35(44)27-42-23-21-40-25-31-9-5-3-6-10-31)34-15-19-38(20-16-34)47-30-36(45)28-43-24-22-41-26-32-11-7-4-8-12-32/h3-20,35-36,40-45H,21-30H2,1-2H3. The summed E-state index contributed by atoms with van der Waals surface area (Å²) in [6, 6.07) is 36.7. The third-order valence-corrected chi connectivity index (χ3v) is 8.10. The fourth-order valence-electron chi connectivity index (χ4n) is 5.15. The van der Waals surface area contributed by atoms with Gasteiger partial charge in [0.15, 0.2) is 0 Å². The van der Waals surface area contributed by atoms with Crippen LogP contribution in [0.5, 0.6) is 11.5 Å². The van der Waals surface area contributed by atoms with Crippen LogP contribution in [-0.2, 0) is 18.5 Å². The van der Waals surface area contributed by atoms with Gasteiger partial charge in [-0.3, -0.25) is 0 Å². The smallest absolute Gasteiger partial charge is 0.119 e. The molecule has 0 spiro atoms. The summed E-state index contributed by atoms with van der Waals surface area (Å²) in [6.07, 6.45) is -1.18. The molecule has 4 rings (SSSR count). The van der Waals surface area contributed by atoms with Gasteiger partial charge in [-0.1, -0.05) is 98.8 Å². The lowest BCUT2D eigenvalue weighted by atomic mass is 9.78. The van der Waals surface area contributed by atoms with Crippen LogP contribution in [0.1, 0.15) is 36.1 Å². The van der Waals surface area contributed by atoms with E-state index in [0.717, 1.165) is 61.9 Å². The van der Waals surface area contributed by atoms with Gasteiger partial charge < -0.3 is 41.0 Å². The lowest BCUT2D eigenvalue weighted by Crippen LogP contribution is -2.35. The lowest BCUT2D eigenvalue weighted by molar-refractivity contribution is 0.106. The summed E-state index contributed by atoms with van der Waals surface area (Å²) in [4.78, 5) is 0. The van der Waals surface area contributed by atoms with Crippen molar-refractivity contribution in [3.63, 3.8) is 0 Å². The second-order valence-corrected chi connectivity index (χ2v) is 12.3. The lowest BCUT2D eigenvalue weighted by Gasteiger charge is -2.26. The third-order valence-electron chi connectivity index (χ3n) is 8.10. The maximum atomic E-state index is 10.3. The highest BCUT2D eigenvalue weighted by Gasteiger charge is 2.23. The highest BCUT2D eigenvalue weighted by Crippen LogP contribution is 2.33. The first-order chi connectivity index (χ1) is 22.9. The van der Waals surface area contributed by atoms with E-state index in [1.54, 1.807) is 0 Å². The molecule has 0 aliphatic heterocycles. The van der Waals surface area contributed by atoms with Crippen LogP contribution in [0.15, 0.2) is 109 Å². The number of nitrogens with one attached hydrogen (secondary N) is 4. The molecule has 47 heavy (non-hydrogen) atoms. The van der Waals surface area contributed by atoms with Crippen molar-refractivity contribution in [2.45, 2.75) is 44.6 Å². The van der Waals surface area contributed by atoms with Crippen molar-refractivity contribution in [2.75, 3.05) is 52.5 Å². The normalized spacial score (nSPS) is 12.9. The quantitative estimate of drug-likeness (QED) is 0.0709. The van der Waals surface area contributed by atoms with E-state index in [-0.39, 0.29) is 18.6 Å². The summed E-state index contributed by atoms with van der Waals surface area (Å²) < 4.78 is 11.7. The molecular weight excluding hydrogens is 588 g/mol. The van der Waals surface area contributed by atoms with E-state index in [9.17, 15) is 10.2 Å². The first-order valence-electron chi connectivity index (χ1n) is 16.6. The molecule has 0 aliphatic rings. The number of hydrogen-bond donors (Lipinski definition) is 6. The van der Waals surface area contributed by atoms with Crippen LogP contribution in [0.3, 0.4) is 0 Å². The van der Waals surface area contributed by atoms with Gasteiger partial charge in [-0.05, 0) is 46.5 Å². The summed E-state index contributed by atoms with van der Waals surface area (Å²) in [5.41, 5.74) is 4.60. The molecule has 4 aromatic rings. The maximum absolute atomic E-state index is 10.3.